The maximum absolute atomic E-state index is 11.3. The molecule has 0 saturated carbocycles. The predicted octanol–water partition coefficient (Wildman–Crippen LogP) is 0.00790. The Balaban J connectivity index is 2.03. The standard InChI is InChI=1S/C9H12O4/c1-2-12-9(11)5-3-6(10)8-7(4-5)13-8/h4,6-8,10H,2-3H2,1H3/t6-,7+,8-/m0/s1. The van der Waals surface area contributed by atoms with Crippen molar-refractivity contribution in [3.63, 3.8) is 0 Å². The molecule has 3 atom stereocenters. The number of hydrogen-bond acceptors (Lipinski definition) is 4. The lowest BCUT2D eigenvalue weighted by Gasteiger charge is -2.13. The van der Waals surface area contributed by atoms with Crippen LogP contribution in [-0.4, -0.2) is 36.0 Å². The van der Waals surface area contributed by atoms with Gasteiger partial charge in [-0.25, -0.2) is 4.79 Å². The van der Waals surface area contributed by atoms with E-state index in [4.69, 9.17) is 9.47 Å². The maximum atomic E-state index is 11.3. The van der Waals surface area contributed by atoms with Crippen molar-refractivity contribution in [2.75, 3.05) is 6.61 Å². The van der Waals surface area contributed by atoms with E-state index in [-0.39, 0.29) is 18.2 Å². The van der Waals surface area contributed by atoms with Crippen molar-refractivity contribution in [2.24, 2.45) is 0 Å². The first kappa shape index (κ1) is 8.72. The van der Waals surface area contributed by atoms with Gasteiger partial charge in [-0.2, -0.15) is 0 Å². The van der Waals surface area contributed by atoms with E-state index in [1.807, 2.05) is 0 Å². The van der Waals surface area contributed by atoms with Crippen molar-refractivity contribution in [3.05, 3.63) is 11.6 Å². The summed E-state index contributed by atoms with van der Waals surface area (Å²) in [4.78, 5) is 11.3. The van der Waals surface area contributed by atoms with Crippen LogP contribution >= 0.6 is 0 Å². The summed E-state index contributed by atoms with van der Waals surface area (Å²) in [5.41, 5.74) is 0.535. The summed E-state index contributed by atoms with van der Waals surface area (Å²) < 4.78 is 9.94. The molecule has 0 unspecified atom stereocenters. The van der Waals surface area contributed by atoms with Crippen LogP contribution in [0, 0.1) is 0 Å². The van der Waals surface area contributed by atoms with Crippen LogP contribution in [0.5, 0.6) is 0 Å². The number of fused-ring (bicyclic) bond motifs is 1. The molecule has 1 fully saturated rings. The third-order valence-electron chi connectivity index (χ3n) is 2.27. The molecule has 0 amide bonds. The molecular formula is C9H12O4. The minimum absolute atomic E-state index is 0.0665. The Morgan fingerprint density at radius 2 is 2.62 bits per heavy atom. The van der Waals surface area contributed by atoms with Gasteiger partial charge in [-0.05, 0) is 13.0 Å². The van der Waals surface area contributed by atoms with Gasteiger partial charge >= 0.3 is 5.97 Å². The van der Waals surface area contributed by atoms with Crippen LogP contribution in [0.2, 0.25) is 0 Å². The highest BCUT2D eigenvalue weighted by Gasteiger charge is 2.47. The van der Waals surface area contributed by atoms with Crippen LogP contribution in [0.15, 0.2) is 11.6 Å². The molecule has 4 heteroatoms. The second-order valence-electron chi connectivity index (χ2n) is 3.25. The molecule has 0 spiro atoms. The summed E-state index contributed by atoms with van der Waals surface area (Å²) in [5.74, 6) is -0.337. The molecule has 0 bridgehead atoms. The minimum Gasteiger partial charge on any atom is -0.463 e. The lowest BCUT2D eigenvalue weighted by atomic mass is 9.97. The largest absolute Gasteiger partial charge is 0.463 e. The summed E-state index contributed by atoms with van der Waals surface area (Å²) >= 11 is 0. The van der Waals surface area contributed by atoms with Gasteiger partial charge in [-0.3, -0.25) is 0 Å². The van der Waals surface area contributed by atoms with Crippen molar-refractivity contribution >= 4 is 5.97 Å². The van der Waals surface area contributed by atoms with E-state index in [0.717, 1.165) is 0 Å². The van der Waals surface area contributed by atoms with Crippen molar-refractivity contribution in [2.45, 2.75) is 31.7 Å². The van der Waals surface area contributed by atoms with Crippen molar-refractivity contribution in [3.8, 4) is 0 Å². The smallest absolute Gasteiger partial charge is 0.333 e. The van der Waals surface area contributed by atoms with Crippen molar-refractivity contribution in [1.29, 1.82) is 0 Å². The van der Waals surface area contributed by atoms with Crippen molar-refractivity contribution < 1.29 is 19.4 Å². The zero-order valence-corrected chi connectivity index (χ0v) is 7.40. The van der Waals surface area contributed by atoms with E-state index in [1.54, 1.807) is 13.0 Å². The third-order valence-corrected chi connectivity index (χ3v) is 2.27. The molecule has 1 aliphatic carbocycles. The van der Waals surface area contributed by atoms with Crippen LogP contribution in [0.4, 0.5) is 0 Å². The Bertz CT molecular complexity index is 258. The van der Waals surface area contributed by atoms with E-state index in [1.165, 1.54) is 0 Å². The summed E-state index contributed by atoms with van der Waals surface area (Å²) in [6.45, 7) is 2.12. The molecule has 1 saturated heterocycles. The Kier molecular flexibility index (Phi) is 2.09. The van der Waals surface area contributed by atoms with E-state index in [2.05, 4.69) is 0 Å². The normalized spacial score (nSPS) is 36.2. The number of aliphatic hydroxyl groups excluding tert-OH is 1. The molecule has 2 aliphatic rings. The molecule has 1 heterocycles. The first-order valence-electron chi connectivity index (χ1n) is 4.43. The highest BCUT2D eigenvalue weighted by Crippen LogP contribution is 2.35. The SMILES string of the molecule is CCOC(=O)C1=C[C@H]2O[C@H]2[C@@H](O)C1. The number of ether oxygens (including phenoxy) is 2. The number of hydrogen-bond donors (Lipinski definition) is 1. The second-order valence-corrected chi connectivity index (χ2v) is 3.25. The van der Waals surface area contributed by atoms with Gasteiger partial charge in [0.2, 0.25) is 0 Å². The predicted molar refractivity (Wildman–Crippen MR) is 44.0 cm³/mol. The fraction of sp³-hybridized carbons (Fsp3) is 0.667. The molecule has 13 heavy (non-hydrogen) atoms. The van der Waals surface area contributed by atoms with Crippen LogP contribution in [0.25, 0.3) is 0 Å². The molecule has 1 N–H and O–H groups in total. The monoisotopic (exact) mass is 184 g/mol. The summed E-state index contributed by atoms with van der Waals surface area (Å²) in [6, 6.07) is 0. The highest BCUT2D eigenvalue weighted by molar-refractivity contribution is 5.89. The average molecular weight is 184 g/mol. The molecule has 0 aromatic heterocycles. The molecule has 0 radical (unpaired) electrons. The summed E-state index contributed by atoms with van der Waals surface area (Å²) in [6.07, 6.45) is 1.39. The summed E-state index contributed by atoms with van der Waals surface area (Å²) in [5, 5.41) is 9.43. The van der Waals surface area contributed by atoms with Crippen LogP contribution in [0.3, 0.4) is 0 Å². The number of rotatable bonds is 2. The van der Waals surface area contributed by atoms with E-state index >= 15 is 0 Å². The number of aliphatic hydroxyl groups is 1. The second kappa shape index (κ2) is 3.12. The van der Waals surface area contributed by atoms with Gasteiger partial charge < -0.3 is 14.6 Å². The van der Waals surface area contributed by atoms with E-state index in [9.17, 15) is 9.90 Å². The number of carbonyl (C=O) groups excluding carboxylic acids is 1. The quantitative estimate of drug-likeness (QED) is 0.485. The fourth-order valence-electron chi connectivity index (χ4n) is 1.56. The molecule has 0 aromatic rings. The minimum atomic E-state index is -0.547. The lowest BCUT2D eigenvalue weighted by Crippen LogP contribution is -2.24. The van der Waals surface area contributed by atoms with Gasteiger partial charge in [-0.1, -0.05) is 0 Å². The maximum Gasteiger partial charge on any atom is 0.333 e. The molecule has 2 rings (SSSR count). The van der Waals surface area contributed by atoms with Gasteiger partial charge in [0.25, 0.3) is 0 Å². The number of esters is 1. The molecule has 72 valence electrons. The average Bonchev–Trinajstić information content (AvgIpc) is 2.84. The van der Waals surface area contributed by atoms with Gasteiger partial charge in [0, 0.05) is 12.0 Å². The molecule has 4 nitrogen and oxygen atoms in total. The Morgan fingerprint density at radius 1 is 1.85 bits per heavy atom. The van der Waals surface area contributed by atoms with Gasteiger partial charge in [0.15, 0.2) is 0 Å². The highest BCUT2D eigenvalue weighted by atomic mass is 16.6. The Labute approximate surface area is 76.1 Å². The first-order valence-corrected chi connectivity index (χ1v) is 4.43. The zero-order valence-electron chi connectivity index (χ0n) is 7.40. The topological polar surface area (TPSA) is 59.1 Å². The lowest BCUT2D eigenvalue weighted by molar-refractivity contribution is -0.139. The number of epoxide rings is 1. The molecular weight excluding hydrogens is 172 g/mol. The van der Waals surface area contributed by atoms with Crippen LogP contribution < -0.4 is 0 Å². The van der Waals surface area contributed by atoms with E-state index in [0.29, 0.717) is 18.6 Å². The van der Waals surface area contributed by atoms with Gasteiger partial charge in [0.1, 0.15) is 12.2 Å². The molecule has 1 aliphatic heterocycles. The fourth-order valence-corrected chi connectivity index (χ4v) is 1.56. The van der Waals surface area contributed by atoms with Crippen molar-refractivity contribution in [1.82, 2.24) is 0 Å². The first-order chi connectivity index (χ1) is 6.22. The Hall–Kier alpha value is -0.870. The summed E-state index contributed by atoms with van der Waals surface area (Å²) in [7, 11) is 0. The number of carbonyl (C=O) groups is 1. The third kappa shape index (κ3) is 1.59. The van der Waals surface area contributed by atoms with Gasteiger partial charge in [0.05, 0.1) is 12.7 Å². The van der Waals surface area contributed by atoms with Crippen LogP contribution in [-0.2, 0) is 14.3 Å². The Morgan fingerprint density at radius 3 is 3.23 bits per heavy atom. The van der Waals surface area contributed by atoms with E-state index < -0.39 is 6.10 Å². The molecule has 0 aromatic carbocycles. The zero-order chi connectivity index (χ0) is 9.42. The van der Waals surface area contributed by atoms with Gasteiger partial charge in [-0.15, -0.1) is 0 Å². The van der Waals surface area contributed by atoms with Crippen LogP contribution in [0.1, 0.15) is 13.3 Å².